The highest BCUT2D eigenvalue weighted by Crippen LogP contribution is 2.59. The summed E-state index contributed by atoms with van der Waals surface area (Å²) in [4.78, 5) is 0. The van der Waals surface area contributed by atoms with Crippen molar-refractivity contribution in [2.45, 2.75) is 45.1 Å². The lowest BCUT2D eigenvalue weighted by Gasteiger charge is -2.57. The van der Waals surface area contributed by atoms with Gasteiger partial charge < -0.3 is 10.6 Å². The number of aromatic nitrogens is 2. The maximum Gasteiger partial charge on any atom is 0.170 e. The van der Waals surface area contributed by atoms with E-state index in [9.17, 15) is 4.39 Å². The van der Waals surface area contributed by atoms with Crippen molar-refractivity contribution in [2.75, 3.05) is 11.9 Å². The first-order valence-corrected chi connectivity index (χ1v) is 10.8. The van der Waals surface area contributed by atoms with Gasteiger partial charge in [0.25, 0.3) is 0 Å². The van der Waals surface area contributed by atoms with Gasteiger partial charge in [0, 0.05) is 18.3 Å². The second-order valence-corrected chi connectivity index (χ2v) is 9.65. The van der Waals surface area contributed by atoms with Gasteiger partial charge in [0.2, 0.25) is 0 Å². The molecule has 0 unspecified atom stereocenters. The molecular weight excluding hydrogens is 371 g/mol. The zero-order valence-corrected chi connectivity index (χ0v) is 16.9. The second kappa shape index (κ2) is 7.14. The molecule has 0 saturated heterocycles. The van der Waals surface area contributed by atoms with Crippen LogP contribution in [-0.4, -0.2) is 21.4 Å². The van der Waals surface area contributed by atoms with Gasteiger partial charge in [-0.05, 0) is 80.0 Å². The first-order valence-electron chi connectivity index (χ1n) is 10.4. The van der Waals surface area contributed by atoms with Crippen molar-refractivity contribution in [1.29, 1.82) is 0 Å². The van der Waals surface area contributed by atoms with E-state index in [1.807, 2.05) is 12.3 Å². The van der Waals surface area contributed by atoms with Crippen LogP contribution in [-0.2, 0) is 6.54 Å². The van der Waals surface area contributed by atoms with Crippen molar-refractivity contribution in [1.82, 2.24) is 15.1 Å². The van der Waals surface area contributed by atoms with Crippen LogP contribution in [0.2, 0.25) is 0 Å². The summed E-state index contributed by atoms with van der Waals surface area (Å²) in [6.45, 7) is 1.38. The van der Waals surface area contributed by atoms with E-state index < -0.39 is 0 Å². The van der Waals surface area contributed by atoms with Gasteiger partial charge in [-0.1, -0.05) is 18.2 Å². The van der Waals surface area contributed by atoms with Crippen LogP contribution in [0.3, 0.4) is 0 Å². The molecule has 0 radical (unpaired) electrons. The Bertz CT molecular complexity index is 842. The average molecular weight is 399 g/mol. The highest BCUT2D eigenvalue weighted by Gasteiger charge is 2.50. The molecule has 6 rings (SSSR count). The Morgan fingerprint density at radius 2 is 1.82 bits per heavy atom. The highest BCUT2D eigenvalue weighted by molar-refractivity contribution is 7.80. The van der Waals surface area contributed by atoms with Crippen LogP contribution in [0.1, 0.15) is 44.1 Å². The van der Waals surface area contributed by atoms with Crippen molar-refractivity contribution in [3.05, 3.63) is 48.0 Å². The third kappa shape index (κ3) is 3.66. The van der Waals surface area contributed by atoms with Crippen LogP contribution in [0.15, 0.2) is 36.7 Å². The fraction of sp³-hybridized carbons (Fsp3) is 0.545. The summed E-state index contributed by atoms with van der Waals surface area (Å²) < 4.78 is 15.5. The largest absolute Gasteiger partial charge is 0.362 e. The van der Waals surface area contributed by atoms with Crippen molar-refractivity contribution in [2.24, 2.45) is 23.2 Å². The number of anilines is 1. The second-order valence-electron chi connectivity index (χ2n) is 9.24. The lowest BCUT2D eigenvalue weighted by atomic mass is 9.49. The maximum atomic E-state index is 13.8. The van der Waals surface area contributed by atoms with Gasteiger partial charge in [0.05, 0.1) is 18.4 Å². The van der Waals surface area contributed by atoms with E-state index >= 15 is 0 Å². The number of halogens is 1. The topological polar surface area (TPSA) is 41.9 Å². The number of nitrogens with zero attached hydrogens (tertiary/aromatic N) is 2. The van der Waals surface area contributed by atoms with Crippen LogP contribution in [0, 0.1) is 29.0 Å². The first kappa shape index (κ1) is 18.1. The zero-order chi connectivity index (χ0) is 19.1. The minimum absolute atomic E-state index is 0.208. The van der Waals surface area contributed by atoms with Crippen LogP contribution >= 0.6 is 12.2 Å². The van der Waals surface area contributed by atoms with E-state index in [1.54, 1.807) is 23.0 Å². The minimum Gasteiger partial charge on any atom is -0.362 e. The van der Waals surface area contributed by atoms with E-state index in [0.29, 0.717) is 22.6 Å². The Hall–Kier alpha value is -1.95. The fourth-order valence-corrected chi connectivity index (χ4v) is 6.46. The Morgan fingerprint density at radius 1 is 1.14 bits per heavy atom. The van der Waals surface area contributed by atoms with Crippen molar-refractivity contribution in [3.63, 3.8) is 0 Å². The molecule has 1 aromatic carbocycles. The van der Waals surface area contributed by atoms with E-state index in [2.05, 4.69) is 15.7 Å². The molecule has 2 N–H and O–H groups in total. The molecular formula is C22H27FN4S. The Morgan fingerprint density at radius 3 is 2.50 bits per heavy atom. The Kier molecular flexibility index (Phi) is 4.62. The standard InChI is InChI=1S/C22H27FN4S/c23-20-4-2-1-3-18(20)12-27-13-19(11-25-27)26-21(28)24-14-22-8-15-5-16(9-22)7-17(6-15)10-22/h1-4,11,13,15-17H,5-10,12,14H2,(H2,24,26,28). The van der Waals surface area contributed by atoms with E-state index in [1.165, 1.54) is 44.6 Å². The van der Waals surface area contributed by atoms with Crippen molar-refractivity contribution >= 4 is 23.0 Å². The third-order valence-electron chi connectivity index (χ3n) is 6.97. The summed E-state index contributed by atoms with van der Waals surface area (Å²) in [5.74, 6) is 2.64. The molecule has 4 saturated carbocycles. The smallest absolute Gasteiger partial charge is 0.170 e. The molecule has 0 aliphatic heterocycles. The molecule has 4 nitrogen and oxygen atoms in total. The van der Waals surface area contributed by atoms with Gasteiger partial charge in [0.15, 0.2) is 5.11 Å². The average Bonchev–Trinajstić information content (AvgIpc) is 3.08. The molecule has 6 heteroatoms. The number of hydrogen-bond acceptors (Lipinski definition) is 2. The summed E-state index contributed by atoms with van der Waals surface area (Å²) in [5, 5.41) is 11.7. The molecule has 1 heterocycles. The van der Waals surface area contributed by atoms with Gasteiger partial charge >= 0.3 is 0 Å². The third-order valence-corrected chi connectivity index (χ3v) is 7.22. The number of hydrogen-bond donors (Lipinski definition) is 2. The van der Waals surface area contributed by atoms with Crippen LogP contribution in [0.25, 0.3) is 0 Å². The quantitative estimate of drug-likeness (QED) is 0.724. The maximum absolute atomic E-state index is 13.8. The van der Waals surface area contributed by atoms with E-state index in [-0.39, 0.29) is 5.82 Å². The molecule has 4 aliphatic carbocycles. The molecule has 0 atom stereocenters. The molecule has 148 valence electrons. The highest BCUT2D eigenvalue weighted by atomic mass is 32.1. The van der Waals surface area contributed by atoms with Gasteiger partial charge in [0.1, 0.15) is 5.82 Å². The fourth-order valence-electron chi connectivity index (χ4n) is 6.27. The first-order chi connectivity index (χ1) is 13.6. The normalized spacial score (nSPS) is 30.4. The molecule has 28 heavy (non-hydrogen) atoms. The molecule has 0 spiro atoms. The summed E-state index contributed by atoms with van der Waals surface area (Å²) in [7, 11) is 0. The minimum atomic E-state index is -0.208. The van der Waals surface area contributed by atoms with Crippen LogP contribution in [0.5, 0.6) is 0 Å². The van der Waals surface area contributed by atoms with Crippen LogP contribution in [0.4, 0.5) is 10.1 Å². The molecule has 4 fully saturated rings. The van der Waals surface area contributed by atoms with Crippen molar-refractivity contribution < 1.29 is 4.39 Å². The van der Waals surface area contributed by atoms with E-state index in [4.69, 9.17) is 12.2 Å². The Labute approximate surface area is 170 Å². The molecule has 4 bridgehead atoms. The molecule has 1 aromatic heterocycles. The number of rotatable bonds is 5. The van der Waals surface area contributed by atoms with Crippen LogP contribution < -0.4 is 10.6 Å². The number of benzene rings is 1. The monoisotopic (exact) mass is 398 g/mol. The molecule has 4 aliphatic rings. The SMILES string of the molecule is Fc1ccccc1Cn1cc(NC(=S)NCC23CC4CC(CC(C4)C2)C3)cn1. The van der Waals surface area contributed by atoms with Gasteiger partial charge in [-0.15, -0.1) is 0 Å². The zero-order valence-electron chi connectivity index (χ0n) is 16.0. The van der Waals surface area contributed by atoms with E-state index in [0.717, 1.165) is 30.0 Å². The van der Waals surface area contributed by atoms with Gasteiger partial charge in [-0.2, -0.15) is 5.10 Å². The predicted octanol–water partition coefficient (Wildman–Crippen LogP) is 4.57. The van der Waals surface area contributed by atoms with Gasteiger partial charge in [-0.3, -0.25) is 4.68 Å². The number of nitrogens with one attached hydrogen (secondary N) is 2. The lowest BCUT2D eigenvalue weighted by Crippen LogP contribution is -2.51. The van der Waals surface area contributed by atoms with Gasteiger partial charge in [-0.25, -0.2) is 4.39 Å². The summed E-state index contributed by atoms with van der Waals surface area (Å²) in [5.41, 5.74) is 1.91. The number of thiocarbonyl (C=S) groups is 1. The lowest BCUT2D eigenvalue weighted by molar-refractivity contribution is -0.0490. The van der Waals surface area contributed by atoms with Crippen molar-refractivity contribution in [3.8, 4) is 0 Å². The predicted molar refractivity (Wildman–Crippen MR) is 113 cm³/mol. The summed E-state index contributed by atoms with van der Waals surface area (Å²) in [6, 6.07) is 6.79. The summed E-state index contributed by atoms with van der Waals surface area (Å²) in [6.07, 6.45) is 12.1. The molecule has 0 amide bonds. The summed E-state index contributed by atoms with van der Waals surface area (Å²) >= 11 is 5.53. The molecule has 2 aromatic rings. The Balaban J connectivity index is 1.16.